The predicted molar refractivity (Wildman–Crippen MR) is 199 cm³/mol. The van der Waals surface area contributed by atoms with Crippen molar-refractivity contribution >= 4 is 47.3 Å². The molecule has 4 aliphatic heterocycles. The molecule has 4 fully saturated rings. The van der Waals surface area contributed by atoms with E-state index in [2.05, 4.69) is 21.3 Å². The van der Waals surface area contributed by atoms with Crippen molar-refractivity contribution in [2.24, 2.45) is 11.8 Å². The number of carboxylic acids is 1. The maximum absolute atomic E-state index is 14.3. The van der Waals surface area contributed by atoms with Gasteiger partial charge in [0.25, 0.3) is 0 Å². The number of carboxylic acid groups (broad SMARTS) is 1. The van der Waals surface area contributed by atoms with Crippen molar-refractivity contribution in [1.29, 1.82) is 0 Å². The van der Waals surface area contributed by atoms with Gasteiger partial charge in [0.1, 0.15) is 42.3 Å². The highest BCUT2D eigenvalue weighted by Crippen LogP contribution is 2.29. The minimum atomic E-state index is -1.60. The van der Waals surface area contributed by atoms with Gasteiger partial charge in [-0.05, 0) is 62.3 Å². The molecule has 0 aromatic heterocycles. The standard InChI is InChI=1S/C39H55N7O9/c1-22(2)19-27-37(53)45-17-9-14-29(45)39(55)46-18-10-15-30(46)38(54)44-16-8-13-28(44)35(51)41-26(21-31(47)48)33(49)40-25(20-24-11-6-5-7-12-24)34(50)43-32(23(3)4)36(52)42-27/h5-7,11-12,22-23,25-30,32H,8-10,13-21H2,1-4H3,(H,40,49)(H,41,51)(H,42,52)(H,43,50)(H,47,48)/t25-,26-,27-,28-,29-,30-,32-/m0/s1. The topological polar surface area (TPSA) is 215 Å². The molecule has 0 bridgehead atoms. The molecule has 5 N–H and O–H groups in total. The lowest BCUT2D eigenvalue weighted by Gasteiger charge is -2.35. The van der Waals surface area contributed by atoms with Crippen LogP contribution < -0.4 is 21.3 Å². The van der Waals surface area contributed by atoms with Gasteiger partial charge in [-0.1, -0.05) is 58.0 Å². The van der Waals surface area contributed by atoms with Crippen molar-refractivity contribution in [1.82, 2.24) is 36.0 Å². The first-order valence-electron chi connectivity index (χ1n) is 19.5. The molecule has 4 saturated heterocycles. The van der Waals surface area contributed by atoms with Crippen molar-refractivity contribution in [2.45, 2.75) is 128 Å². The van der Waals surface area contributed by atoms with Crippen molar-refractivity contribution in [3.05, 3.63) is 35.9 Å². The SMILES string of the molecule is CC(C)C[C@@H]1NC(=O)[C@H](C(C)C)NC(=O)[C@H](Cc2ccccc2)NC(=O)[C@H](CC(=O)O)NC(=O)[C@@H]2CCCN2C(=O)[C@@H]2CCCN2C(=O)[C@@H]2CCCN2C1=O. The first-order chi connectivity index (χ1) is 26.2. The lowest BCUT2D eigenvalue weighted by molar-refractivity contribution is -0.151. The highest BCUT2D eigenvalue weighted by Gasteiger charge is 2.47. The molecule has 55 heavy (non-hydrogen) atoms. The van der Waals surface area contributed by atoms with Gasteiger partial charge in [0.2, 0.25) is 41.4 Å². The zero-order chi connectivity index (χ0) is 40.0. The largest absolute Gasteiger partial charge is 0.481 e. The van der Waals surface area contributed by atoms with E-state index in [-0.39, 0.29) is 37.6 Å². The van der Waals surface area contributed by atoms with Crippen molar-refractivity contribution in [3.8, 4) is 0 Å². The van der Waals surface area contributed by atoms with E-state index in [4.69, 9.17) is 0 Å². The molecule has 16 nitrogen and oxygen atoms in total. The van der Waals surface area contributed by atoms with Crippen LogP contribution in [0.1, 0.15) is 84.6 Å². The second-order valence-corrected chi connectivity index (χ2v) is 15.9. The summed E-state index contributed by atoms with van der Waals surface area (Å²) in [7, 11) is 0. The van der Waals surface area contributed by atoms with Crippen LogP contribution in [0.4, 0.5) is 0 Å². The van der Waals surface area contributed by atoms with Crippen LogP contribution in [-0.4, -0.2) is 129 Å². The van der Waals surface area contributed by atoms with Crippen molar-refractivity contribution < 1.29 is 43.5 Å². The highest BCUT2D eigenvalue weighted by atomic mass is 16.4. The average Bonchev–Trinajstić information content (AvgIpc) is 3.93. The summed E-state index contributed by atoms with van der Waals surface area (Å²) in [6.45, 7) is 8.09. The molecule has 7 amide bonds. The quantitative estimate of drug-likeness (QED) is 0.258. The van der Waals surface area contributed by atoms with Gasteiger partial charge in [-0.3, -0.25) is 38.4 Å². The fourth-order valence-electron chi connectivity index (χ4n) is 8.19. The molecule has 5 rings (SSSR count). The average molecular weight is 766 g/mol. The molecule has 0 radical (unpaired) electrons. The third-order valence-electron chi connectivity index (χ3n) is 11.0. The summed E-state index contributed by atoms with van der Waals surface area (Å²) in [6, 6.07) is 1.01. The van der Waals surface area contributed by atoms with Crippen LogP contribution in [0.5, 0.6) is 0 Å². The molecule has 0 saturated carbocycles. The van der Waals surface area contributed by atoms with Gasteiger partial charge < -0.3 is 41.1 Å². The summed E-state index contributed by atoms with van der Waals surface area (Å²) in [5.41, 5.74) is 0.663. The first kappa shape index (κ1) is 41.1. The highest BCUT2D eigenvalue weighted by molar-refractivity contribution is 5.99. The van der Waals surface area contributed by atoms with Crippen LogP contribution in [0.3, 0.4) is 0 Å². The van der Waals surface area contributed by atoms with Crippen molar-refractivity contribution in [2.75, 3.05) is 19.6 Å². The number of carbonyl (C=O) groups is 8. The molecule has 300 valence electrons. The Morgan fingerprint density at radius 1 is 0.636 bits per heavy atom. The molecule has 0 unspecified atom stereocenters. The zero-order valence-corrected chi connectivity index (χ0v) is 32.1. The Morgan fingerprint density at radius 2 is 1.13 bits per heavy atom. The van der Waals surface area contributed by atoms with Gasteiger partial charge in [0.05, 0.1) is 6.42 Å². The number of benzene rings is 1. The zero-order valence-electron chi connectivity index (χ0n) is 32.1. The number of nitrogens with zero attached hydrogens (tertiary/aromatic N) is 3. The number of amides is 7. The minimum absolute atomic E-state index is 0.0258. The normalized spacial score (nSPS) is 28.9. The Balaban J connectivity index is 1.54. The molecular weight excluding hydrogens is 710 g/mol. The van der Waals surface area contributed by atoms with Gasteiger partial charge in [0, 0.05) is 26.1 Å². The van der Waals surface area contributed by atoms with E-state index >= 15 is 0 Å². The summed E-state index contributed by atoms with van der Waals surface area (Å²) < 4.78 is 0. The molecule has 1 aromatic carbocycles. The predicted octanol–water partition coefficient (Wildman–Crippen LogP) is 0.332. The maximum Gasteiger partial charge on any atom is 0.305 e. The van der Waals surface area contributed by atoms with E-state index in [9.17, 15) is 43.5 Å². The van der Waals surface area contributed by atoms with E-state index in [1.807, 2.05) is 13.8 Å². The molecule has 4 heterocycles. The molecule has 0 spiro atoms. The molecular formula is C39H55N7O9. The number of aliphatic carboxylic acids is 1. The fourth-order valence-corrected chi connectivity index (χ4v) is 8.19. The number of fused-ring (bicyclic) bond motifs is 3. The van der Waals surface area contributed by atoms with E-state index < -0.39 is 96.0 Å². The summed E-state index contributed by atoms with van der Waals surface area (Å²) in [6.07, 6.45) is 2.03. The van der Waals surface area contributed by atoms with Crippen LogP contribution in [0.25, 0.3) is 0 Å². The van der Waals surface area contributed by atoms with Gasteiger partial charge in [-0.15, -0.1) is 0 Å². The van der Waals surface area contributed by atoms with Gasteiger partial charge in [-0.2, -0.15) is 0 Å². The smallest absolute Gasteiger partial charge is 0.305 e. The second-order valence-electron chi connectivity index (χ2n) is 15.9. The Morgan fingerprint density at radius 3 is 1.67 bits per heavy atom. The molecule has 16 heteroatoms. The molecule has 0 aliphatic carbocycles. The fraction of sp³-hybridized carbons (Fsp3) is 0.641. The molecule has 7 atom stereocenters. The number of nitrogens with one attached hydrogen (secondary N) is 4. The van der Waals surface area contributed by atoms with Crippen LogP contribution >= 0.6 is 0 Å². The van der Waals surface area contributed by atoms with Gasteiger partial charge in [0.15, 0.2) is 0 Å². The Hall–Kier alpha value is -5.02. The van der Waals surface area contributed by atoms with Gasteiger partial charge in [-0.25, -0.2) is 0 Å². The third kappa shape index (κ3) is 9.81. The summed E-state index contributed by atoms with van der Waals surface area (Å²) in [5.74, 6) is -6.09. The molecule has 1 aromatic rings. The number of hydrogen-bond donors (Lipinski definition) is 5. The van der Waals surface area contributed by atoms with E-state index in [1.54, 1.807) is 44.2 Å². The Labute approximate surface area is 321 Å². The third-order valence-corrected chi connectivity index (χ3v) is 11.0. The van der Waals surface area contributed by atoms with E-state index in [0.717, 1.165) is 0 Å². The molecule has 4 aliphatic rings. The van der Waals surface area contributed by atoms with Crippen LogP contribution in [0.2, 0.25) is 0 Å². The monoisotopic (exact) mass is 765 g/mol. The van der Waals surface area contributed by atoms with E-state index in [0.29, 0.717) is 50.8 Å². The number of carbonyl (C=O) groups excluding carboxylic acids is 7. The van der Waals surface area contributed by atoms with Crippen LogP contribution in [0.15, 0.2) is 30.3 Å². The lowest BCUT2D eigenvalue weighted by Crippen LogP contribution is -2.61. The second kappa shape index (κ2) is 18.1. The Kier molecular flexibility index (Phi) is 13.5. The number of rotatable bonds is 7. The summed E-state index contributed by atoms with van der Waals surface area (Å²) in [5, 5.41) is 20.5. The maximum atomic E-state index is 14.3. The first-order valence-corrected chi connectivity index (χ1v) is 19.5. The van der Waals surface area contributed by atoms with Crippen LogP contribution in [-0.2, 0) is 44.8 Å². The lowest BCUT2D eigenvalue weighted by atomic mass is 9.98. The summed E-state index contributed by atoms with van der Waals surface area (Å²) in [4.78, 5) is 115. The summed E-state index contributed by atoms with van der Waals surface area (Å²) >= 11 is 0. The Bertz CT molecular complexity index is 1640. The van der Waals surface area contributed by atoms with Gasteiger partial charge >= 0.3 is 5.97 Å². The van der Waals surface area contributed by atoms with Crippen molar-refractivity contribution in [3.63, 3.8) is 0 Å². The van der Waals surface area contributed by atoms with Crippen LogP contribution in [0, 0.1) is 11.8 Å². The number of hydrogen-bond acceptors (Lipinski definition) is 8. The van der Waals surface area contributed by atoms with E-state index in [1.165, 1.54) is 14.7 Å². The minimum Gasteiger partial charge on any atom is -0.481 e.